The summed E-state index contributed by atoms with van der Waals surface area (Å²) in [5, 5.41) is 3.40. The molecule has 0 saturated carbocycles. The number of halogens is 1. The molecule has 0 bridgehead atoms. The van der Waals surface area contributed by atoms with Gasteiger partial charge in [0.05, 0.1) is 6.04 Å². The van der Waals surface area contributed by atoms with Gasteiger partial charge in [-0.25, -0.2) is 0 Å². The third-order valence-corrected chi connectivity index (χ3v) is 3.70. The van der Waals surface area contributed by atoms with Gasteiger partial charge in [0.2, 0.25) is 0 Å². The van der Waals surface area contributed by atoms with Crippen LogP contribution in [0.5, 0.6) is 0 Å². The average molecular weight is 304 g/mol. The highest BCUT2D eigenvalue weighted by atomic mass is 79.9. The summed E-state index contributed by atoms with van der Waals surface area (Å²) in [7, 11) is 2.00. The second kappa shape index (κ2) is 5.68. The lowest BCUT2D eigenvalue weighted by Crippen LogP contribution is -2.18. The predicted molar refractivity (Wildman–Crippen MR) is 81.0 cm³/mol. The van der Waals surface area contributed by atoms with Crippen molar-refractivity contribution in [3.63, 3.8) is 0 Å². The monoisotopic (exact) mass is 303 g/mol. The van der Waals surface area contributed by atoms with Crippen LogP contribution < -0.4 is 5.32 Å². The summed E-state index contributed by atoms with van der Waals surface area (Å²) in [6.07, 6.45) is 0. The van der Waals surface area contributed by atoms with Crippen molar-refractivity contribution in [3.8, 4) is 0 Å². The van der Waals surface area contributed by atoms with E-state index in [1.807, 2.05) is 7.05 Å². The molecule has 1 atom stereocenters. The number of nitrogens with one attached hydrogen (secondary N) is 1. The average Bonchev–Trinajstić information content (AvgIpc) is 2.33. The normalized spacial score (nSPS) is 12.4. The fourth-order valence-corrected chi connectivity index (χ4v) is 2.75. The maximum Gasteiger partial charge on any atom is 0.0577 e. The van der Waals surface area contributed by atoms with E-state index in [4.69, 9.17) is 0 Å². The maximum absolute atomic E-state index is 3.53. The van der Waals surface area contributed by atoms with Gasteiger partial charge in [-0.3, -0.25) is 0 Å². The number of rotatable bonds is 3. The first-order chi connectivity index (χ1) is 8.61. The summed E-state index contributed by atoms with van der Waals surface area (Å²) in [5.74, 6) is 0. The fourth-order valence-electron chi connectivity index (χ4n) is 2.34. The van der Waals surface area contributed by atoms with Crippen molar-refractivity contribution in [2.45, 2.75) is 19.9 Å². The second-order valence-corrected chi connectivity index (χ2v) is 5.55. The van der Waals surface area contributed by atoms with Gasteiger partial charge in [-0.2, -0.15) is 0 Å². The smallest absolute Gasteiger partial charge is 0.0577 e. The lowest BCUT2D eigenvalue weighted by atomic mass is 9.94. The molecule has 0 fully saturated rings. The van der Waals surface area contributed by atoms with Gasteiger partial charge in [0, 0.05) is 4.47 Å². The van der Waals surface area contributed by atoms with E-state index < -0.39 is 0 Å². The number of aryl methyl sites for hydroxylation is 2. The van der Waals surface area contributed by atoms with Crippen molar-refractivity contribution in [2.75, 3.05) is 7.05 Å². The molecule has 2 aromatic carbocycles. The van der Waals surface area contributed by atoms with Crippen molar-refractivity contribution in [3.05, 3.63) is 69.2 Å². The molecule has 0 radical (unpaired) electrons. The SMILES string of the molecule is CNC(c1cccc(Br)c1)c1ccc(C)cc1C. The van der Waals surface area contributed by atoms with E-state index in [-0.39, 0.29) is 6.04 Å². The van der Waals surface area contributed by atoms with Crippen molar-refractivity contribution < 1.29 is 0 Å². The van der Waals surface area contributed by atoms with Gasteiger partial charge in [-0.05, 0) is 49.7 Å². The van der Waals surface area contributed by atoms with E-state index in [0.717, 1.165) is 4.47 Å². The molecule has 0 aliphatic heterocycles. The lowest BCUT2D eigenvalue weighted by molar-refractivity contribution is 0.687. The minimum absolute atomic E-state index is 0.239. The van der Waals surface area contributed by atoms with Gasteiger partial charge in [-0.15, -0.1) is 0 Å². The number of hydrogen-bond acceptors (Lipinski definition) is 1. The largest absolute Gasteiger partial charge is 0.309 e. The van der Waals surface area contributed by atoms with Crippen molar-refractivity contribution in [1.82, 2.24) is 5.32 Å². The third kappa shape index (κ3) is 2.82. The first-order valence-corrected chi connectivity index (χ1v) is 6.91. The standard InChI is InChI=1S/C16H18BrN/c1-11-7-8-15(12(2)9-11)16(18-3)13-5-4-6-14(17)10-13/h4-10,16,18H,1-3H3. The number of benzene rings is 2. The van der Waals surface area contributed by atoms with Gasteiger partial charge in [0.1, 0.15) is 0 Å². The molecule has 1 unspecified atom stereocenters. The quantitative estimate of drug-likeness (QED) is 0.887. The molecule has 0 aliphatic rings. The highest BCUT2D eigenvalue weighted by Gasteiger charge is 2.14. The molecule has 0 heterocycles. The first-order valence-electron chi connectivity index (χ1n) is 6.11. The molecule has 0 aliphatic carbocycles. The molecule has 0 aromatic heterocycles. The predicted octanol–water partition coefficient (Wildman–Crippen LogP) is 4.37. The Bertz CT molecular complexity index is 549. The summed E-state index contributed by atoms with van der Waals surface area (Å²) in [6, 6.07) is 15.3. The minimum Gasteiger partial charge on any atom is -0.309 e. The van der Waals surface area contributed by atoms with Crippen LogP contribution in [-0.4, -0.2) is 7.05 Å². The van der Waals surface area contributed by atoms with E-state index in [1.165, 1.54) is 22.3 Å². The van der Waals surface area contributed by atoms with E-state index in [2.05, 4.69) is 77.6 Å². The van der Waals surface area contributed by atoms with Crippen molar-refractivity contribution >= 4 is 15.9 Å². The van der Waals surface area contributed by atoms with E-state index in [9.17, 15) is 0 Å². The molecule has 2 rings (SSSR count). The van der Waals surface area contributed by atoms with Crippen LogP contribution in [0.25, 0.3) is 0 Å². The Kier molecular flexibility index (Phi) is 4.20. The molecule has 94 valence electrons. The van der Waals surface area contributed by atoms with Crippen LogP contribution in [0.3, 0.4) is 0 Å². The van der Waals surface area contributed by atoms with Gasteiger partial charge in [-0.1, -0.05) is 51.8 Å². The van der Waals surface area contributed by atoms with Gasteiger partial charge in [0.25, 0.3) is 0 Å². The Morgan fingerprint density at radius 2 is 1.83 bits per heavy atom. The van der Waals surface area contributed by atoms with Gasteiger partial charge < -0.3 is 5.32 Å². The molecule has 1 N–H and O–H groups in total. The molecule has 1 nitrogen and oxygen atoms in total. The van der Waals surface area contributed by atoms with Crippen LogP contribution in [0.15, 0.2) is 46.9 Å². The Hall–Kier alpha value is -1.12. The van der Waals surface area contributed by atoms with Crippen LogP contribution in [-0.2, 0) is 0 Å². The highest BCUT2D eigenvalue weighted by Crippen LogP contribution is 2.27. The molecular weight excluding hydrogens is 286 g/mol. The zero-order valence-electron chi connectivity index (χ0n) is 11.0. The van der Waals surface area contributed by atoms with E-state index >= 15 is 0 Å². The van der Waals surface area contributed by atoms with Gasteiger partial charge >= 0.3 is 0 Å². The summed E-state index contributed by atoms with van der Waals surface area (Å²) in [4.78, 5) is 0. The minimum atomic E-state index is 0.239. The second-order valence-electron chi connectivity index (χ2n) is 4.64. The van der Waals surface area contributed by atoms with E-state index in [1.54, 1.807) is 0 Å². The molecule has 18 heavy (non-hydrogen) atoms. The van der Waals surface area contributed by atoms with Crippen LogP contribution in [0, 0.1) is 13.8 Å². The zero-order chi connectivity index (χ0) is 13.1. The van der Waals surface area contributed by atoms with Crippen LogP contribution in [0.1, 0.15) is 28.3 Å². The van der Waals surface area contributed by atoms with Gasteiger partial charge in [0.15, 0.2) is 0 Å². The zero-order valence-corrected chi connectivity index (χ0v) is 12.6. The maximum atomic E-state index is 3.53. The molecular formula is C16H18BrN. The highest BCUT2D eigenvalue weighted by molar-refractivity contribution is 9.10. The van der Waals surface area contributed by atoms with Crippen LogP contribution in [0.4, 0.5) is 0 Å². The Balaban J connectivity index is 2.45. The molecule has 0 spiro atoms. The Morgan fingerprint density at radius 1 is 1.06 bits per heavy atom. The summed E-state index contributed by atoms with van der Waals surface area (Å²) in [6.45, 7) is 4.30. The van der Waals surface area contributed by atoms with Crippen molar-refractivity contribution in [1.29, 1.82) is 0 Å². The summed E-state index contributed by atoms with van der Waals surface area (Å²) in [5.41, 5.74) is 5.25. The molecule has 2 heteroatoms. The Morgan fingerprint density at radius 3 is 2.44 bits per heavy atom. The Labute approximate surface area is 117 Å². The van der Waals surface area contributed by atoms with Crippen molar-refractivity contribution in [2.24, 2.45) is 0 Å². The lowest BCUT2D eigenvalue weighted by Gasteiger charge is -2.20. The third-order valence-electron chi connectivity index (χ3n) is 3.21. The molecule has 0 saturated heterocycles. The number of hydrogen-bond donors (Lipinski definition) is 1. The topological polar surface area (TPSA) is 12.0 Å². The molecule has 2 aromatic rings. The fraction of sp³-hybridized carbons (Fsp3) is 0.250. The van der Waals surface area contributed by atoms with E-state index in [0.29, 0.717) is 0 Å². The summed E-state index contributed by atoms with van der Waals surface area (Å²) < 4.78 is 1.12. The summed E-state index contributed by atoms with van der Waals surface area (Å²) >= 11 is 3.53. The van der Waals surface area contributed by atoms with Crippen LogP contribution >= 0.6 is 15.9 Å². The molecule has 0 amide bonds. The first kappa shape index (κ1) is 13.3. The van der Waals surface area contributed by atoms with Crippen LogP contribution in [0.2, 0.25) is 0 Å².